The Balaban J connectivity index is 1.44. The Morgan fingerprint density at radius 2 is 1.55 bits per heavy atom. The number of hydrogen-bond donors (Lipinski definition) is 0. The maximum Gasteiger partial charge on any atom is 0.433 e. The molecule has 0 unspecified atom stereocenters. The van der Waals surface area contributed by atoms with Crippen molar-refractivity contribution < 1.29 is 31.9 Å². The third-order valence-corrected chi connectivity index (χ3v) is 15.2. The van der Waals surface area contributed by atoms with Crippen LogP contribution in [0.25, 0.3) is 0 Å². The van der Waals surface area contributed by atoms with Crippen molar-refractivity contribution in [3.8, 4) is 0 Å². The number of halogens is 3. The van der Waals surface area contributed by atoms with E-state index in [4.69, 9.17) is 14.3 Å². The van der Waals surface area contributed by atoms with Gasteiger partial charge in [-0.2, -0.15) is 18.3 Å². The van der Waals surface area contributed by atoms with Gasteiger partial charge in [0.05, 0.1) is 30.9 Å². The van der Waals surface area contributed by atoms with Gasteiger partial charge in [-0.15, -0.1) is 0 Å². The van der Waals surface area contributed by atoms with Crippen molar-refractivity contribution >= 4 is 30.7 Å². The van der Waals surface area contributed by atoms with E-state index in [-0.39, 0.29) is 36.7 Å². The summed E-state index contributed by atoms with van der Waals surface area (Å²) in [5.74, 6) is -0.327. The third kappa shape index (κ3) is 7.37. The molecule has 0 saturated carbocycles. The second kappa shape index (κ2) is 14.1. The van der Waals surface area contributed by atoms with Crippen LogP contribution in [0.1, 0.15) is 100 Å². The monoisotopic (exact) mass is 747 g/mol. The van der Waals surface area contributed by atoms with E-state index in [0.29, 0.717) is 23.2 Å². The van der Waals surface area contributed by atoms with Gasteiger partial charge in [-0.1, -0.05) is 87.5 Å². The molecule has 2 aromatic heterocycles. The average molecular weight is 748 g/mol. The van der Waals surface area contributed by atoms with Gasteiger partial charge in [-0.25, -0.2) is 4.79 Å². The smallest absolute Gasteiger partial charge is 0.433 e. The second-order valence-corrected chi connectivity index (χ2v) is 20.4. The number of rotatable bonds is 7. The topological polar surface area (TPSA) is 89.8 Å². The number of carbonyl (C=O) groups is 2. The van der Waals surface area contributed by atoms with E-state index >= 15 is 0 Å². The maximum absolute atomic E-state index is 14.6. The molecule has 0 saturated heterocycles. The average Bonchev–Trinajstić information content (AvgIpc) is 3.47. The number of alkyl halides is 3. The maximum atomic E-state index is 14.6. The number of aromatic nitrogens is 3. The fourth-order valence-corrected chi connectivity index (χ4v) is 12.2. The minimum atomic E-state index is -4.59. The van der Waals surface area contributed by atoms with Gasteiger partial charge in [-0.3, -0.25) is 14.5 Å². The largest absolute Gasteiger partial charge is 0.444 e. The van der Waals surface area contributed by atoms with Crippen LogP contribution >= 0.6 is 0 Å². The molecule has 3 atom stereocenters. The van der Waals surface area contributed by atoms with Crippen molar-refractivity contribution in [1.82, 2.24) is 24.6 Å². The Hall–Kier alpha value is -4.49. The van der Waals surface area contributed by atoms with E-state index in [1.807, 2.05) is 64.1 Å². The first-order valence-corrected chi connectivity index (χ1v) is 19.9. The molecule has 6 rings (SSSR count). The Kier molecular flexibility index (Phi) is 10.1. The Bertz CT molecular complexity index is 1900. The molecule has 0 aliphatic carbocycles. The zero-order valence-electron chi connectivity index (χ0n) is 31.6. The molecule has 4 aromatic rings. The standard InChI is InChI=1S/C40H48F3N5O4Si/c1-26-21-33-32(24-46(26)37(50)52-38(3,4)5)35-36(49)47(27(2)28-19-20-34(44-22-28)40(41,42)43)23-29(48(35)45-33)25-51-53(39(6,7)8,30-15-11-9-12-16-30)31-17-13-10-14-18-31/h9-20,22,26-27,29H,21,23-25H2,1-8H3/t26-,27+,29+/m1/s1. The quantitative estimate of drug-likeness (QED) is 0.184. The molecule has 0 radical (unpaired) electrons. The highest BCUT2D eigenvalue weighted by Gasteiger charge is 2.51. The molecule has 282 valence electrons. The number of carbonyl (C=O) groups excluding carboxylic acids is 2. The normalized spacial score (nSPS) is 18.7. The number of ether oxygens (including phenoxy) is 1. The SMILES string of the molecule is C[C@@H]1Cc2nn3c(c2CN1C(=O)OC(C)(C)C)C(=O)N([C@@H](C)c1ccc(C(F)(F)F)nc1)C[C@H]3CO[Si](c1ccccc1)(c1ccccc1)C(C)(C)C. The van der Waals surface area contributed by atoms with Gasteiger partial charge in [0.25, 0.3) is 14.2 Å². The highest BCUT2D eigenvalue weighted by atomic mass is 28.4. The molecule has 0 N–H and O–H groups in total. The number of hydrogen-bond acceptors (Lipinski definition) is 6. The molecule has 2 aliphatic heterocycles. The van der Waals surface area contributed by atoms with Crippen molar-refractivity contribution in [3.05, 3.63) is 107 Å². The predicted molar refractivity (Wildman–Crippen MR) is 198 cm³/mol. The first kappa shape index (κ1) is 38.2. The summed E-state index contributed by atoms with van der Waals surface area (Å²) in [6.45, 7) is 16.2. The second-order valence-electron chi connectivity index (χ2n) is 16.1. The third-order valence-electron chi connectivity index (χ3n) is 10.2. The first-order chi connectivity index (χ1) is 24.8. The summed E-state index contributed by atoms with van der Waals surface area (Å²) in [5.41, 5.74) is 0.451. The molecular formula is C40H48F3N5O4Si. The van der Waals surface area contributed by atoms with Gasteiger partial charge in [0.1, 0.15) is 17.0 Å². The van der Waals surface area contributed by atoms with Crippen molar-refractivity contribution in [3.63, 3.8) is 0 Å². The van der Waals surface area contributed by atoms with Gasteiger partial charge in [0, 0.05) is 30.8 Å². The molecule has 2 amide bonds. The molecule has 9 nitrogen and oxygen atoms in total. The number of pyridine rings is 1. The van der Waals surface area contributed by atoms with Crippen LogP contribution in [-0.2, 0) is 28.3 Å². The molecule has 13 heteroatoms. The fraction of sp³-hybridized carbons (Fsp3) is 0.450. The summed E-state index contributed by atoms with van der Waals surface area (Å²) < 4.78 is 55.1. The van der Waals surface area contributed by atoms with E-state index in [1.54, 1.807) is 21.4 Å². The van der Waals surface area contributed by atoms with E-state index in [0.717, 1.165) is 22.1 Å². The lowest BCUT2D eigenvalue weighted by Crippen LogP contribution is -2.67. The van der Waals surface area contributed by atoms with Gasteiger partial charge in [0.15, 0.2) is 0 Å². The summed E-state index contributed by atoms with van der Waals surface area (Å²) >= 11 is 0. The van der Waals surface area contributed by atoms with Crippen LogP contribution in [0, 0.1) is 0 Å². The molecule has 2 aromatic carbocycles. The van der Waals surface area contributed by atoms with E-state index in [1.165, 1.54) is 12.3 Å². The first-order valence-electron chi connectivity index (χ1n) is 18.0. The van der Waals surface area contributed by atoms with Crippen molar-refractivity contribution in [1.29, 1.82) is 0 Å². The molecule has 0 fully saturated rings. The number of fused-ring (bicyclic) bond motifs is 3. The zero-order valence-corrected chi connectivity index (χ0v) is 32.6. The van der Waals surface area contributed by atoms with Gasteiger partial charge in [-0.05, 0) is 61.7 Å². The number of amides is 2. The van der Waals surface area contributed by atoms with E-state index in [9.17, 15) is 22.8 Å². The van der Waals surface area contributed by atoms with Crippen molar-refractivity contribution in [2.45, 2.75) is 103 Å². The fourth-order valence-electron chi connectivity index (χ4n) is 7.58. The minimum Gasteiger partial charge on any atom is -0.444 e. The summed E-state index contributed by atoms with van der Waals surface area (Å²) in [4.78, 5) is 35.0. The molecule has 2 aliphatic rings. The lowest BCUT2D eigenvalue weighted by molar-refractivity contribution is -0.141. The highest BCUT2D eigenvalue weighted by Crippen LogP contribution is 2.40. The number of benzene rings is 2. The molecular weight excluding hydrogens is 700 g/mol. The summed E-state index contributed by atoms with van der Waals surface area (Å²) in [5, 5.41) is 6.94. The summed E-state index contributed by atoms with van der Waals surface area (Å²) in [6.07, 6.45) is -3.47. The highest BCUT2D eigenvalue weighted by molar-refractivity contribution is 6.99. The van der Waals surface area contributed by atoms with Crippen LogP contribution in [0.15, 0.2) is 79.0 Å². The van der Waals surface area contributed by atoms with Crippen LogP contribution in [0.2, 0.25) is 5.04 Å². The lowest BCUT2D eigenvalue weighted by atomic mass is 9.97. The van der Waals surface area contributed by atoms with Crippen molar-refractivity contribution in [2.24, 2.45) is 0 Å². The van der Waals surface area contributed by atoms with Crippen LogP contribution in [0.4, 0.5) is 18.0 Å². The van der Waals surface area contributed by atoms with E-state index < -0.39 is 44.0 Å². The van der Waals surface area contributed by atoms with E-state index in [2.05, 4.69) is 50.0 Å². The van der Waals surface area contributed by atoms with Crippen LogP contribution in [0.5, 0.6) is 0 Å². The number of nitrogens with zero attached hydrogens (tertiary/aromatic N) is 5. The zero-order chi connectivity index (χ0) is 38.5. The van der Waals surface area contributed by atoms with Gasteiger partial charge >= 0.3 is 12.3 Å². The van der Waals surface area contributed by atoms with Crippen LogP contribution in [0.3, 0.4) is 0 Å². The Morgan fingerprint density at radius 3 is 2.06 bits per heavy atom. The summed E-state index contributed by atoms with van der Waals surface area (Å²) in [7, 11) is -3.01. The molecule has 0 spiro atoms. The predicted octanol–water partition coefficient (Wildman–Crippen LogP) is 7.31. The van der Waals surface area contributed by atoms with Crippen LogP contribution in [-0.4, -0.2) is 69.7 Å². The van der Waals surface area contributed by atoms with Gasteiger partial charge < -0.3 is 19.0 Å². The van der Waals surface area contributed by atoms with Crippen molar-refractivity contribution in [2.75, 3.05) is 13.2 Å². The Morgan fingerprint density at radius 1 is 0.943 bits per heavy atom. The van der Waals surface area contributed by atoms with Crippen LogP contribution < -0.4 is 10.4 Å². The lowest BCUT2D eigenvalue weighted by Gasteiger charge is -2.45. The van der Waals surface area contributed by atoms with Gasteiger partial charge in [0.2, 0.25) is 0 Å². The Labute approximate surface area is 310 Å². The molecule has 4 heterocycles. The summed E-state index contributed by atoms with van der Waals surface area (Å²) in [6, 6.07) is 21.5. The minimum absolute atomic E-state index is 0.124. The molecule has 53 heavy (non-hydrogen) atoms. The molecule has 0 bridgehead atoms.